The molecule has 1 aromatic rings. The zero-order valence-corrected chi connectivity index (χ0v) is 12.9. The number of carboxylic acid groups (broad SMARTS) is 1. The minimum atomic E-state index is -1.00. The van der Waals surface area contributed by atoms with Crippen LogP contribution in [0.2, 0.25) is 0 Å². The molecule has 23 heavy (non-hydrogen) atoms. The van der Waals surface area contributed by atoms with Gasteiger partial charge >= 0.3 is 5.97 Å². The molecule has 2 aliphatic heterocycles. The first-order valence-electron chi connectivity index (χ1n) is 7.43. The first-order chi connectivity index (χ1) is 11.0. The zero-order valence-electron chi connectivity index (χ0n) is 12.9. The van der Waals surface area contributed by atoms with Crippen molar-refractivity contribution in [2.75, 3.05) is 33.6 Å². The fourth-order valence-corrected chi connectivity index (χ4v) is 3.05. The Morgan fingerprint density at radius 2 is 2.13 bits per heavy atom. The maximum Gasteiger partial charge on any atom is 0.313 e. The molecule has 0 saturated carbocycles. The number of methoxy groups -OCH3 is 1. The molecule has 2 heterocycles. The lowest BCUT2D eigenvalue weighted by Gasteiger charge is -2.23. The summed E-state index contributed by atoms with van der Waals surface area (Å²) < 4.78 is 15.6. The minimum Gasteiger partial charge on any atom is -0.481 e. The topological polar surface area (TPSA) is 85.3 Å². The van der Waals surface area contributed by atoms with Crippen molar-refractivity contribution < 1.29 is 28.9 Å². The summed E-state index contributed by atoms with van der Waals surface area (Å²) in [4.78, 5) is 25.6. The van der Waals surface area contributed by atoms with Crippen LogP contribution in [-0.4, -0.2) is 55.5 Å². The number of rotatable bonds is 5. The van der Waals surface area contributed by atoms with E-state index >= 15 is 0 Å². The molecule has 1 unspecified atom stereocenters. The number of carbonyl (C=O) groups excluding carboxylic acids is 1. The van der Waals surface area contributed by atoms with Gasteiger partial charge in [0, 0.05) is 20.2 Å². The summed E-state index contributed by atoms with van der Waals surface area (Å²) in [6.07, 6.45) is 0.613. The monoisotopic (exact) mass is 321 g/mol. The zero-order chi connectivity index (χ0) is 16.4. The van der Waals surface area contributed by atoms with Gasteiger partial charge < -0.3 is 24.2 Å². The maximum atomic E-state index is 12.4. The Morgan fingerprint density at radius 3 is 2.87 bits per heavy atom. The Bertz CT molecular complexity index is 631. The standard InChI is InChI=1S/C16H19NO6/c1-21-9-16(15(19)20)4-5-17(8-16)14(18)7-11-2-3-12-13(6-11)23-10-22-12/h2-3,6H,4-5,7-10H2,1H3,(H,19,20). The van der Waals surface area contributed by atoms with Crippen LogP contribution in [0.25, 0.3) is 0 Å². The number of amides is 1. The number of nitrogens with zero attached hydrogens (tertiary/aromatic N) is 1. The van der Waals surface area contributed by atoms with Crippen molar-refractivity contribution in [3.8, 4) is 11.5 Å². The number of carbonyl (C=O) groups is 2. The molecule has 1 atom stereocenters. The van der Waals surface area contributed by atoms with Crippen molar-refractivity contribution in [1.29, 1.82) is 0 Å². The fraction of sp³-hybridized carbons (Fsp3) is 0.500. The number of fused-ring (bicyclic) bond motifs is 1. The van der Waals surface area contributed by atoms with Crippen LogP contribution >= 0.6 is 0 Å². The largest absolute Gasteiger partial charge is 0.481 e. The van der Waals surface area contributed by atoms with E-state index < -0.39 is 11.4 Å². The Labute approximate surface area is 133 Å². The lowest BCUT2D eigenvalue weighted by molar-refractivity contribution is -0.151. The highest BCUT2D eigenvalue weighted by molar-refractivity contribution is 5.82. The molecule has 0 radical (unpaired) electrons. The number of hydrogen-bond acceptors (Lipinski definition) is 5. The second-order valence-corrected chi connectivity index (χ2v) is 5.95. The van der Waals surface area contributed by atoms with E-state index in [1.165, 1.54) is 7.11 Å². The van der Waals surface area contributed by atoms with E-state index in [1.807, 2.05) is 6.07 Å². The van der Waals surface area contributed by atoms with Gasteiger partial charge in [-0.05, 0) is 24.1 Å². The average Bonchev–Trinajstić information content (AvgIpc) is 3.14. The number of aliphatic carboxylic acids is 1. The van der Waals surface area contributed by atoms with Crippen molar-refractivity contribution in [2.24, 2.45) is 5.41 Å². The van der Waals surface area contributed by atoms with E-state index in [1.54, 1.807) is 17.0 Å². The summed E-state index contributed by atoms with van der Waals surface area (Å²) in [6.45, 7) is 0.908. The van der Waals surface area contributed by atoms with Crippen LogP contribution in [0.4, 0.5) is 0 Å². The number of hydrogen-bond donors (Lipinski definition) is 1. The van der Waals surface area contributed by atoms with E-state index in [-0.39, 0.29) is 32.3 Å². The molecule has 7 nitrogen and oxygen atoms in total. The van der Waals surface area contributed by atoms with Crippen LogP contribution in [0.15, 0.2) is 18.2 Å². The second kappa shape index (κ2) is 6.08. The molecular weight excluding hydrogens is 302 g/mol. The Balaban J connectivity index is 1.66. The van der Waals surface area contributed by atoms with Gasteiger partial charge in [0.1, 0.15) is 5.41 Å². The van der Waals surface area contributed by atoms with Crippen LogP contribution < -0.4 is 9.47 Å². The van der Waals surface area contributed by atoms with Gasteiger partial charge in [-0.25, -0.2) is 0 Å². The quantitative estimate of drug-likeness (QED) is 0.867. The highest BCUT2D eigenvalue weighted by Gasteiger charge is 2.46. The Kier molecular flexibility index (Phi) is 4.12. The lowest BCUT2D eigenvalue weighted by Crippen LogP contribution is -2.40. The number of carboxylic acids is 1. The molecule has 0 aliphatic carbocycles. The van der Waals surface area contributed by atoms with Crippen molar-refractivity contribution in [3.05, 3.63) is 23.8 Å². The van der Waals surface area contributed by atoms with Gasteiger partial charge in [0.15, 0.2) is 11.5 Å². The third kappa shape index (κ3) is 2.96. The smallest absolute Gasteiger partial charge is 0.313 e. The average molecular weight is 321 g/mol. The fourth-order valence-electron chi connectivity index (χ4n) is 3.05. The Hall–Kier alpha value is -2.28. The van der Waals surface area contributed by atoms with Gasteiger partial charge in [-0.2, -0.15) is 0 Å². The minimum absolute atomic E-state index is 0.0944. The third-order valence-electron chi connectivity index (χ3n) is 4.37. The van der Waals surface area contributed by atoms with Gasteiger partial charge in [0.2, 0.25) is 12.7 Å². The Morgan fingerprint density at radius 1 is 1.35 bits per heavy atom. The van der Waals surface area contributed by atoms with Crippen molar-refractivity contribution in [3.63, 3.8) is 0 Å². The van der Waals surface area contributed by atoms with Crippen LogP contribution in [0.5, 0.6) is 11.5 Å². The van der Waals surface area contributed by atoms with E-state index in [4.69, 9.17) is 14.2 Å². The summed E-state index contributed by atoms with van der Waals surface area (Å²) in [5.74, 6) is 0.296. The van der Waals surface area contributed by atoms with Crippen molar-refractivity contribution in [1.82, 2.24) is 4.90 Å². The van der Waals surface area contributed by atoms with E-state index in [9.17, 15) is 14.7 Å². The number of benzene rings is 1. The van der Waals surface area contributed by atoms with Crippen molar-refractivity contribution in [2.45, 2.75) is 12.8 Å². The molecule has 124 valence electrons. The predicted molar refractivity (Wildman–Crippen MR) is 79.4 cm³/mol. The molecule has 0 bridgehead atoms. The molecule has 1 aromatic carbocycles. The highest BCUT2D eigenvalue weighted by Crippen LogP contribution is 2.34. The summed E-state index contributed by atoms with van der Waals surface area (Å²) in [5.41, 5.74) is -0.182. The third-order valence-corrected chi connectivity index (χ3v) is 4.37. The first kappa shape index (κ1) is 15.6. The molecule has 1 fully saturated rings. The molecule has 1 amide bonds. The molecule has 0 spiro atoms. The highest BCUT2D eigenvalue weighted by atomic mass is 16.7. The number of ether oxygens (including phenoxy) is 3. The molecule has 7 heteroatoms. The van der Waals surface area contributed by atoms with Crippen LogP contribution in [0.1, 0.15) is 12.0 Å². The van der Waals surface area contributed by atoms with Gasteiger partial charge in [-0.3, -0.25) is 9.59 Å². The van der Waals surface area contributed by atoms with Gasteiger partial charge in [-0.1, -0.05) is 6.07 Å². The van der Waals surface area contributed by atoms with Crippen molar-refractivity contribution >= 4 is 11.9 Å². The number of likely N-dealkylation sites (tertiary alicyclic amines) is 1. The van der Waals surface area contributed by atoms with E-state index in [2.05, 4.69) is 0 Å². The molecule has 1 N–H and O–H groups in total. The van der Waals surface area contributed by atoms with Crippen LogP contribution in [-0.2, 0) is 20.7 Å². The van der Waals surface area contributed by atoms with Crippen LogP contribution in [0.3, 0.4) is 0 Å². The first-order valence-corrected chi connectivity index (χ1v) is 7.43. The molecular formula is C16H19NO6. The molecule has 3 rings (SSSR count). The second-order valence-electron chi connectivity index (χ2n) is 5.95. The maximum absolute atomic E-state index is 12.4. The lowest BCUT2D eigenvalue weighted by atomic mass is 9.88. The summed E-state index contributed by atoms with van der Waals surface area (Å²) in [6, 6.07) is 5.39. The van der Waals surface area contributed by atoms with Crippen LogP contribution in [0, 0.1) is 5.41 Å². The summed E-state index contributed by atoms with van der Waals surface area (Å²) >= 11 is 0. The van der Waals surface area contributed by atoms with E-state index in [0.717, 1.165) is 5.56 Å². The molecule has 1 saturated heterocycles. The van der Waals surface area contributed by atoms with E-state index in [0.29, 0.717) is 24.5 Å². The molecule has 0 aromatic heterocycles. The van der Waals surface area contributed by atoms with Gasteiger partial charge in [-0.15, -0.1) is 0 Å². The summed E-state index contributed by atoms with van der Waals surface area (Å²) in [5, 5.41) is 9.44. The molecule has 2 aliphatic rings. The van der Waals surface area contributed by atoms with Gasteiger partial charge in [0.25, 0.3) is 0 Å². The predicted octanol–water partition coefficient (Wildman–Crippen LogP) is 0.907. The SMILES string of the molecule is COCC1(C(=O)O)CCN(C(=O)Cc2ccc3c(c2)OCO3)C1. The summed E-state index contributed by atoms with van der Waals surface area (Å²) in [7, 11) is 1.47. The van der Waals surface area contributed by atoms with Gasteiger partial charge in [0.05, 0.1) is 13.0 Å². The normalized spacial score (nSPS) is 22.4.